The zero-order valence-electron chi connectivity index (χ0n) is 13.5. The van der Waals surface area contributed by atoms with Crippen LogP contribution in [0.15, 0.2) is 54.6 Å². The average Bonchev–Trinajstić information content (AvgIpc) is 2.59. The number of benzene rings is 2. The molecule has 0 spiro atoms. The van der Waals surface area contributed by atoms with Gasteiger partial charge < -0.3 is 10.1 Å². The summed E-state index contributed by atoms with van der Waals surface area (Å²) < 4.78 is 19.1. The number of carbonyl (C=O) groups is 1. The third-order valence-corrected chi connectivity index (χ3v) is 3.72. The number of amides is 1. The quantitative estimate of drug-likeness (QED) is 0.841. The molecule has 2 aromatic rings. The Morgan fingerprint density at radius 1 is 1.13 bits per heavy atom. The van der Waals surface area contributed by atoms with Gasteiger partial charge in [-0.05, 0) is 30.0 Å². The molecule has 1 amide bonds. The summed E-state index contributed by atoms with van der Waals surface area (Å²) in [5, 5.41) is 2.89. The second-order valence-corrected chi connectivity index (χ2v) is 5.50. The molecule has 23 heavy (non-hydrogen) atoms. The van der Waals surface area contributed by atoms with Crippen molar-refractivity contribution in [2.75, 3.05) is 6.54 Å². The lowest BCUT2D eigenvalue weighted by Crippen LogP contribution is -2.39. The first-order valence-electron chi connectivity index (χ1n) is 7.85. The number of para-hydroxylation sites is 1. The average molecular weight is 315 g/mol. The molecule has 0 aliphatic rings. The number of carbonyl (C=O) groups excluding carboxylic acids is 1. The number of halogens is 1. The summed E-state index contributed by atoms with van der Waals surface area (Å²) >= 11 is 0. The molecule has 0 bridgehead atoms. The van der Waals surface area contributed by atoms with Crippen molar-refractivity contribution in [3.8, 4) is 5.75 Å². The molecule has 0 radical (unpaired) electrons. The van der Waals surface area contributed by atoms with Crippen LogP contribution in [0.4, 0.5) is 4.39 Å². The number of nitrogens with one attached hydrogen (secondary N) is 1. The fourth-order valence-electron chi connectivity index (χ4n) is 2.28. The molecular weight excluding hydrogens is 293 g/mol. The van der Waals surface area contributed by atoms with Crippen LogP contribution in [0.1, 0.15) is 31.7 Å². The van der Waals surface area contributed by atoms with Crippen molar-refractivity contribution in [3.63, 3.8) is 0 Å². The van der Waals surface area contributed by atoms with E-state index in [0.717, 1.165) is 5.56 Å². The molecule has 2 rings (SSSR count). The van der Waals surface area contributed by atoms with Gasteiger partial charge in [0.25, 0.3) is 5.91 Å². The van der Waals surface area contributed by atoms with Crippen LogP contribution in [0.5, 0.6) is 5.75 Å². The second kappa shape index (κ2) is 8.32. The van der Waals surface area contributed by atoms with Gasteiger partial charge in [-0.1, -0.05) is 56.3 Å². The van der Waals surface area contributed by atoms with Crippen LogP contribution < -0.4 is 10.1 Å². The third-order valence-electron chi connectivity index (χ3n) is 3.72. The van der Waals surface area contributed by atoms with Gasteiger partial charge in [0.05, 0.1) is 0 Å². The molecule has 0 heterocycles. The molecule has 3 nitrogen and oxygen atoms in total. The number of ether oxygens (including phenoxy) is 1. The van der Waals surface area contributed by atoms with Gasteiger partial charge in [-0.2, -0.15) is 0 Å². The van der Waals surface area contributed by atoms with E-state index in [1.54, 1.807) is 12.1 Å². The lowest BCUT2D eigenvalue weighted by molar-refractivity contribution is -0.128. The molecule has 0 saturated heterocycles. The van der Waals surface area contributed by atoms with Gasteiger partial charge in [-0.25, -0.2) is 4.39 Å². The molecule has 0 fully saturated rings. The Kier molecular flexibility index (Phi) is 6.15. The minimum atomic E-state index is -0.699. The highest BCUT2D eigenvalue weighted by atomic mass is 19.1. The van der Waals surface area contributed by atoms with Gasteiger partial charge in [0.15, 0.2) is 17.7 Å². The smallest absolute Gasteiger partial charge is 0.261 e. The van der Waals surface area contributed by atoms with Gasteiger partial charge >= 0.3 is 0 Å². The molecule has 2 aromatic carbocycles. The Morgan fingerprint density at radius 2 is 1.78 bits per heavy atom. The molecule has 122 valence electrons. The van der Waals surface area contributed by atoms with Gasteiger partial charge in [0.1, 0.15) is 0 Å². The number of rotatable bonds is 7. The highest BCUT2D eigenvalue weighted by molar-refractivity contribution is 5.81. The summed E-state index contributed by atoms with van der Waals surface area (Å²) in [6.45, 7) is 4.40. The topological polar surface area (TPSA) is 38.3 Å². The van der Waals surface area contributed by atoms with E-state index < -0.39 is 11.9 Å². The standard InChI is InChI=1S/C19H22FNO2/c1-3-17(23-18-12-8-7-11-16(18)20)19(22)21-13-14(2)15-9-5-4-6-10-15/h4-12,14,17H,3,13H2,1-2H3,(H,21,22). The molecule has 1 N–H and O–H groups in total. The van der Waals surface area contributed by atoms with E-state index >= 15 is 0 Å². The first-order valence-corrected chi connectivity index (χ1v) is 7.85. The minimum Gasteiger partial charge on any atom is -0.478 e. The van der Waals surface area contributed by atoms with Gasteiger partial charge in [-0.3, -0.25) is 4.79 Å². The molecule has 0 aliphatic carbocycles. The fraction of sp³-hybridized carbons (Fsp3) is 0.316. The third kappa shape index (κ3) is 4.81. The summed E-state index contributed by atoms with van der Waals surface area (Å²) in [7, 11) is 0. The van der Waals surface area contributed by atoms with Crippen molar-refractivity contribution in [1.29, 1.82) is 0 Å². The Bertz CT molecular complexity index is 630. The van der Waals surface area contributed by atoms with E-state index in [4.69, 9.17) is 4.74 Å². The van der Waals surface area contributed by atoms with Crippen molar-refractivity contribution in [3.05, 3.63) is 66.0 Å². The van der Waals surface area contributed by atoms with Crippen LogP contribution in [0.25, 0.3) is 0 Å². The van der Waals surface area contributed by atoms with E-state index in [1.807, 2.05) is 44.2 Å². The van der Waals surface area contributed by atoms with Crippen LogP contribution >= 0.6 is 0 Å². The largest absolute Gasteiger partial charge is 0.478 e. The first kappa shape index (κ1) is 17.0. The van der Waals surface area contributed by atoms with E-state index in [0.29, 0.717) is 13.0 Å². The summed E-state index contributed by atoms with van der Waals surface area (Å²) in [5.41, 5.74) is 1.16. The lowest BCUT2D eigenvalue weighted by atomic mass is 10.0. The van der Waals surface area contributed by atoms with Gasteiger partial charge in [0, 0.05) is 6.54 Å². The Hall–Kier alpha value is -2.36. The molecule has 2 atom stereocenters. The summed E-state index contributed by atoms with van der Waals surface area (Å²) in [6.07, 6.45) is -0.227. The lowest BCUT2D eigenvalue weighted by Gasteiger charge is -2.19. The maximum absolute atomic E-state index is 13.6. The van der Waals surface area contributed by atoms with E-state index in [1.165, 1.54) is 12.1 Å². The first-order chi connectivity index (χ1) is 11.1. The monoisotopic (exact) mass is 315 g/mol. The minimum absolute atomic E-state index is 0.102. The molecule has 4 heteroatoms. The summed E-state index contributed by atoms with van der Waals surface area (Å²) in [4.78, 5) is 12.3. The molecule has 2 unspecified atom stereocenters. The molecular formula is C19H22FNO2. The van der Waals surface area contributed by atoms with Gasteiger partial charge in [0.2, 0.25) is 0 Å². The van der Waals surface area contributed by atoms with Crippen molar-refractivity contribution >= 4 is 5.91 Å². The number of hydrogen-bond acceptors (Lipinski definition) is 2. The second-order valence-electron chi connectivity index (χ2n) is 5.50. The normalized spacial score (nSPS) is 13.2. The predicted octanol–water partition coefficient (Wildman–Crippen LogP) is 3.90. The van der Waals surface area contributed by atoms with Crippen LogP contribution in [-0.2, 0) is 4.79 Å². The Balaban J connectivity index is 1.91. The molecule has 0 aromatic heterocycles. The Labute approximate surface area is 136 Å². The van der Waals surface area contributed by atoms with Crippen LogP contribution in [0.2, 0.25) is 0 Å². The highest BCUT2D eigenvalue weighted by Gasteiger charge is 2.20. The summed E-state index contributed by atoms with van der Waals surface area (Å²) in [6, 6.07) is 16.1. The maximum Gasteiger partial charge on any atom is 0.261 e. The predicted molar refractivity (Wildman–Crippen MR) is 89.0 cm³/mol. The highest BCUT2D eigenvalue weighted by Crippen LogP contribution is 2.18. The zero-order chi connectivity index (χ0) is 16.7. The summed E-state index contributed by atoms with van der Waals surface area (Å²) in [5.74, 6) is -0.383. The van der Waals surface area contributed by atoms with Crippen molar-refractivity contribution in [2.45, 2.75) is 32.3 Å². The van der Waals surface area contributed by atoms with E-state index in [2.05, 4.69) is 5.32 Å². The van der Waals surface area contributed by atoms with E-state index in [9.17, 15) is 9.18 Å². The van der Waals surface area contributed by atoms with Crippen molar-refractivity contribution < 1.29 is 13.9 Å². The molecule has 0 aliphatic heterocycles. The van der Waals surface area contributed by atoms with Crippen LogP contribution in [0, 0.1) is 5.82 Å². The molecule has 0 saturated carbocycles. The van der Waals surface area contributed by atoms with Crippen molar-refractivity contribution in [1.82, 2.24) is 5.32 Å². The fourth-order valence-corrected chi connectivity index (χ4v) is 2.28. The zero-order valence-corrected chi connectivity index (χ0v) is 13.5. The van der Waals surface area contributed by atoms with Crippen LogP contribution in [-0.4, -0.2) is 18.6 Å². The van der Waals surface area contributed by atoms with Crippen molar-refractivity contribution in [2.24, 2.45) is 0 Å². The maximum atomic E-state index is 13.6. The number of hydrogen-bond donors (Lipinski definition) is 1. The van der Waals surface area contributed by atoms with Gasteiger partial charge in [-0.15, -0.1) is 0 Å². The Morgan fingerprint density at radius 3 is 2.43 bits per heavy atom. The van der Waals surface area contributed by atoms with E-state index in [-0.39, 0.29) is 17.6 Å². The van der Waals surface area contributed by atoms with Crippen LogP contribution in [0.3, 0.4) is 0 Å². The SMILES string of the molecule is CCC(Oc1ccccc1F)C(=O)NCC(C)c1ccccc1.